The number of hydrogen-bond donors (Lipinski definition) is 4. The summed E-state index contributed by atoms with van der Waals surface area (Å²) in [7, 11) is 3.64. The van der Waals surface area contributed by atoms with Crippen LogP contribution in [0.2, 0.25) is 0 Å². The van der Waals surface area contributed by atoms with Gasteiger partial charge in [0.05, 0.1) is 25.0 Å². The lowest BCUT2D eigenvalue weighted by molar-refractivity contribution is -0.124. The van der Waals surface area contributed by atoms with Gasteiger partial charge in [-0.1, -0.05) is 5.11 Å². The number of nitrogens with one attached hydrogen (secondary N) is 1. The van der Waals surface area contributed by atoms with E-state index in [9.17, 15) is 15.0 Å². The summed E-state index contributed by atoms with van der Waals surface area (Å²) in [5.74, 6) is 0.0448. The van der Waals surface area contributed by atoms with Crippen LogP contribution in [-0.2, 0) is 9.53 Å². The first-order valence-electron chi connectivity index (χ1n) is 9.25. The molecule has 162 valence electrons. The zero-order chi connectivity index (χ0) is 21.8. The van der Waals surface area contributed by atoms with Crippen LogP contribution < -0.4 is 16.0 Å². The highest BCUT2D eigenvalue weighted by atomic mass is 16.5. The van der Waals surface area contributed by atoms with Gasteiger partial charge in [-0.05, 0) is 12.0 Å². The Labute approximate surface area is 171 Å². The van der Waals surface area contributed by atoms with Gasteiger partial charge < -0.3 is 30.9 Å². The summed E-state index contributed by atoms with van der Waals surface area (Å²) in [5.41, 5.74) is 15.1. The average Bonchev–Trinajstić information content (AvgIpc) is 3.29. The molecule has 0 aliphatic carbocycles. The number of azide groups is 1. The van der Waals surface area contributed by atoms with Crippen LogP contribution in [0.5, 0.6) is 0 Å². The van der Waals surface area contributed by atoms with Crippen molar-refractivity contribution >= 4 is 22.9 Å². The smallest absolute Gasteiger partial charge is 0.237 e. The number of aromatic nitrogens is 4. The fraction of sp³-hybridized carbons (Fsp3) is 0.625. The predicted molar refractivity (Wildman–Crippen MR) is 105 cm³/mol. The molecule has 1 fully saturated rings. The molecule has 1 amide bonds. The van der Waals surface area contributed by atoms with Gasteiger partial charge in [0.1, 0.15) is 18.5 Å². The number of fused-ring (bicyclic) bond motifs is 1. The minimum Gasteiger partial charge on any atom is -0.394 e. The fourth-order valence-electron chi connectivity index (χ4n) is 3.30. The third kappa shape index (κ3) is 4.13. The number of amides is 1. The maximum Gasteiger partial charge on any atom is 0.237 e. The lowest BCUT2D eigenvalue weighted by Crippen LogP contribution is -2.53. The predicted octanol–water partition coefficient (Wildman–Crippen LogP) is -1.34. The van der Waals surface area contributed by atoms with Gasteiger partial charge >= 0.3 is 0 Å². The zero-order valence-corrected chi connectivity index (χ0v) is 16.5. The van der Waals surface area contributed by atoms with Gasteiger partial charge in [-0.3, -0.25) is 9.36 Å². The molecule has 30 heavy (non-hydrogen) atoms. The maximum absolute atomic E-state index is 12.4. The van der Waals surface area contributed by atoms with Gasteiger partial charge in [0, 0.05) is 25.6 Å². The highest BCUT2D eigenvalue weighted by Crippen LogP contribution is 2.32. The lowest BCUT2D eigenvalue weighted by Gasteiger charge is -2.22. The van der Waals surface area contributed by atoms with Gasteiger partial charge in [-0.15, -0.1) is 0 Å². The lowest BCUT2D eigenvalue weighted by atomic mass is 10.1. The maximum atomic E-state index is 12.4. The van der Waals surface area contributed by atoms with Crippen molar-refractivity contribution in [2.75, 3.05) is 32.1 Å². The standard InChI is InChI=1S/C16H24N10O4/c1-25(2)13-11-14(20-6-19-13)26(7-21-11)16-12(28)10(9(5-27)30-16)23-15(29)8(17)3-4-22-24-18/h6-10,12,16,27-28H,3-5,17H2,1-2H3,(H,23,29)/t8?,9-,10?,12+,16-/m1/s1. The molecule has 2 unspecified atom stereocenters. The molecule has 3 heterocycles. The van der Waals surface area contributed by atoms with Crippen molar-refractivity contribution in [3.05, 3.63) is 23.1 Å². The number of ether oxygens (including phenoxy) is 1. The summed E-state index contributed by atoms with van der Waals surface area (Å²) < 4.78 is 7.33. The van der Waals surface area contributed by atoms with Crippen LogP contribution in [0.15, 0.2) is 17.8 Å². The van der Waals surface area contributed by atoms with Gasteiger partial charge in [0.2, 0.25) is 5.91 Å². The summed E-state index contributed by atoms with van der Waals surface area (Å²) in [6.45, 7) is -0.368. The van der Waals surface area contributed by atoms with E-state index in [0.29, 0.717) is 17.0 Å². The molecule has 1 aliphatic rings. The molecule has 5 atom stereocenters. The third-order valence-corrected chi connectivity index (χ3v) is 4.84. The van der Waals surface area contributed by atoms with E-state index in [2.05, 4.69) is 30.3 Å². The Morgan fingerprint density at radius 2 is 2.27 bits per heavy atom. The molecule has 1 aliphatic heterocycles. The first-order valence-corrected chi connectivity index (χ1v) is 9.25. The first kappa shape index (κ1) is 21.7. The molecule has 1 saturated heterocycles. The number of rotatable bonds is 8. The number of aliphatic hydroxyl groups is 2. The minimum absolute atomic E-state index is 0.0653. The fourth-order valence-corrected chi connectivity index (χ4v) is 3.30. The molecule has 0 saturated carbocycles. The van der Waals surface area contributed by atoms with E-state index in [4.69, 9.17) is 16.0 Å². The van der Waals surface area contributed by atoms with E-state index in [1.807, 2.05) is 14.1 Å². The average molecular weight is 420 g/mol. The molecule has 0 spiro atoms. The van der Waals surface area contributed by atoms with Crippen LogP contribution in [0.3, 0.4) is 0 Å². The molecular weight excluding hydrogens is 396 g/mol. The number of nitrogens with two attached hydrogens (primary N) is 1. The second-order valence-electron chi connectivity index (χ2n) is 7.04. The monoisotopic (exact) mass is 420 g/mol. The summed E-state index contributed by atoms with van der Waals surface area (Å²) in [5, 5.41) is 26.5. The Morgan fingerprint density at radius 1 is 1.50 bits per heavy atom. The summed E-state index contributed by atoms with van der Waals surface area (Å²) >= 11 is 0. The molecule has 2 aromatic heterocycles. The van der Waals surface area contributed by atoms with Gasteiger partial charge in [-0.2, -0.15) is 0 Å². The van der Waals surface area contributed by atoms with Crippen LogP contribution in [0.25, 0.3) is 21.6 Å². The van der Waals surface area contributed by atoms with Crippen LogP contribution in [0.1, 0.15) is 12.6 Å². The van der Waals surface area contributed by atoms with Crippen molar-refractivity contribution in [1.29, 1.82) is 0 Å². The SMILES string of the molecule is CN(C)c1ncnc2c1ncn2[C@@H]1O[C@H](CO)C(NC(=O)C(N)CCN=[N+]=[N-])[C@@H]1O. The number of imidazole rings is 1. The van der Waals surface area contributed by atoms with E-state index in [1.165, 1.54) is 17.2 Å². The van der Waals surface area contributed by atoms with Crippen LogP contribution in [0.4, 0.5) is 5.82 Å². The Bertz CT molecular complexity index is 943. The molecule has 0 bridgehead atoms. The molecule has 5 N–H and O–H groups in total. The summed E-state index contributed by atoms with van der Waals surface area (Å²) in [4.78, 5) is 29.5. The van der Waals surface area contributed by atoms with Crippen molar-refractivity contribution in [2.45, 2.75) is 36.9 Å². The molecule has 14 nitrogen and oxygen atoms in total. The third-order valence-electron chi connectivity index (χ3n) is 4.84. The molecule has 0 aromatic carbocycles. The highest BCUT2D eigenvalue weighted by Gasteiger charge is 2.46. The van der Waals surface area contributed by atoms with E-state index < -0.39 is 43.0 Å². The van der Waals surface area contributed by atoms with Crippen LogP contribution in [-0.4, -0.2) is 87.2 Å². The highest BCUT2D eigenvalue weighted by molar-refractivity contribution is 5.83. The number of hydrogen-bond acceptors (Lipinski definition) is 10. The Balaban J connectivity index is 1.81. The summed E-state index contributed by atoms with van der Waals surface area (Å²) in [6.07, 6.45) is -0.0330. The van der Waals surface area contributed by atoms with E-state index in [-0.39, 0.29) is 13.0 Å². The number of anilines is 1. The van der Waals surface area contributed by atoms with Crippen molar-refractivity contribution in [3.63, 3.8) is 0 Å². The second kappa shape index (κ2) is 9.19. The Morgan fingerprint density at radius 3 is 2.93 bits per heavy atom. The molecule has 3 rings (SSSR count). The number of carbonyl (C=O) groups is 1. The van der Waals surface area contributed by atoms with Crippen LogP contribution >= 0.6 is 0 Å². The van der Waals surface area contributed by atoms with E-state index in [1.54, 1.807) is 4.90 Å². The van der Waals surface area contributed by atoms with Gasteiger partial charge in [0.25, 0.3) is 0 Å². The van der Waals surface area contributed by atoms with E-state index in [0.717, 1.165) is 0 Å². The van der Waals surface area contributed by atoms with Crippen molar-refractivity contribution < 1.29 is 19.7 Å². The molecular formula is C16H24N10O4. The van der Waals surface area contributed by atoms with Crippen molar-refractivity contribution in [3.8, 4) is 0 Å². The topological polar surface area (TPSA) is 200 Å². The summed E-state index contributed by atoms with van der Waals surface area (Å²) in [6, 6.07) is -1.85. The van der Waals surface area contributed by atoms with Crippen molar-refractivity contribution in [1.82, 2.24) is 24.8 Å². The first-order chi connectivity index (χ1) is 14.4. The Kier molecular flexibility index (Phi) is 6.64. The number of carbonyl (C=O) groups excluding carboxylic acids is 1. The van der Waals surface area contributed by atoms with Gasteiger partial charge in [-0.25, -0.2) is 15.0 Å². The largest absolute Gasteiger partial charge is 0.394 e. The van der Waals surface area contributed by atoms with E-state index >= 15 is 0 Å². The molecule has 14 heteroatoms. The molecule has 0 radical (unpaired) electrons. The number of aliphatic hydroxyl groups excluding tert-OH is 2. The number of nitrogens with zero attached hydrogens (tertiary/aromatic N) is 8. The normalized spacial score (nSPS) is 24.4. The van der Waals surface area contributed by atoms with Gasteiger partial charge in [0.15, 0.2) is 23.2 Å². The second-order valence-corrected chi connectivity index (χ2v) is 7.04. The zero-order valence-electron chi connectivity index (χ0n) is 16.5. The molecule has 2 aromatic rings. The van der Waals surface area contributed by atoms with Crippen molar-refractivity contribution in [2.24, 2.45) is 10.8 Å². The Hall–Kier alpha value is -3.03. The van der Waals surface area contributed by atoms with Crippen LogP contribution in [0, 0.1) is 0 Å². The quantitative estimate of drug-likeness (QED) is 0.226. The minimum atomic E-state index is -1.20.